The SMILES string of the molecule is CCN(C(=O)COC(=O)c1ccccc1S(C)(=O)=O)c1cccc2ccccc12. The largest absolute Gasteiger partial charge is 0.452 e. The van der Waals surface area contributed by atoms with Crippen LogP contribution in [0.2, 0.25) is 0 Å². The van der Waals surface area contributed by atoms with Crippen molar-refractivity contribution in [2.45, 2.75) is 11.8 Å². The fourth-order valence-electron chi connectivity index (χ4n) is 3.17. The smallest absolute Gasteiger partial charge is 0.339 e. The van der Waals surface area contributed by atoms with Crippen molar-refractivity contribution >= 4 is 38.2 Å². The molecule has 3 aromatic carbocycles. The average Bonchev–Trinajstić information content (AvgIpc) is 2.72. The van der Waals surface area contributed by atoms with Gasteiger partial charge in [0.15, 0.2) is 16.4 Å². The summed E-state index contributed by atoms with van der Waals surface area (Å²) in [6.45, 7) is 1.73. The molecule has 0 N–H and O–H groups in total. The van der Waals surface area contributed by atoms with Crippen molar-refractivity contribution in [3.05, 3.63) is 72.3 Å². The molecular formula is C22H21NO5S. The lowest BCUT2D eigenvalue weighted by molar-refractivity contribution is -0.121. The molecule has 29 heavy (non-hydrogen) atoms. The van der Waals surface area contributed by atoms with E-state index in [1.165, 1.54) is 23.1 Å². The molecule has 0 bridgehead atoms. The Labute approximate surface area is 169 Å². The molecule has 1 amide bonds. The first-order chi connectivity index (χ1) is 13.8. The number of hydrogen-bond acceptors (Lipinski definition) is 5. The molecule has 0 aromatic heterocycles. The van der Waals surface area contributed by atoms with Gasteiger partial charge in [0.05, 0.1) is 16.1 Å². The van der Waals surface area contributed by atoms with Crippen molar-refractivity contribution in [2.75, 3.05) is 24.3 Å². The number of nitrogens with zero attached hydrogens (tertiary/aromatic N) is 1. The predicted octanol–water partition coefficient (Wildman–Crippen LogP) is 3.45. The van der Waals surface area contributed by atoms with Crippen LogP contribution in [0.15, 0.2) is 71.6 Å². The number of carbonyl (C=O) groups is 2. The number of ether oxygens (including phenoxy) is 1. The maximum atomic E-state index is 12.8. The molecule has 0 radical (unpaired) electrons. The topological polar surface area (TPSA) is 80.8 Å². The zero-order chi connectivity index (χ0) is 21.0. The number of amides is 1. The molecule has 3 aromatic rings. The number of sulfone groups is 1. The summed E-state index contributed by atoms with van der Waals surface area (Å²) in [5.41, 5.74) is 0.638. The third-order valence-corrected chi connectivity index (χ3v) is 5.66. The number of anilines is 1. The zero-order valence-corrected chi connectivity index (χ0v) is 17.0. The number of fused-ring (bicyclic) bond motifs is 1. The Balaban J connectivity index is 1.80. The van der Waals surface area contributed by atoms with Crippen LogP contribution in [0.4, 0.5) is 5.69 Å². The molecule has 0 aliphatic heterocycles. The first-order valence-electron chi connectivity index (χ1n) is 9.07. The quantitative estimate of drug-likeness (QED) is 0.581. The molecule has 0 saturated heterocycles. The van der Waals surface area contributed by atoms with Gasteiger partial charge in [-0.2, -0.15) is 0 Å². The molecule has 0 spiro atoms. The van der Waals surface area contributed by atoms with Crippen LogP contribution in [0.25, 0.3) is 10.8 Å². The van der Waals surface area contributed by atoms with Crippen LogP contribution in [0.5, 0.6) is 0 Å². The maximum Gasteiger partial charge on any atom is 0.339 e. The highest BCUT2D eigenvalue weighted by atomic mass is 32.2. The highest BCUT2D eigenvalue weighted by molar-refractivity contribution is 7.90. The van der Waals surface area contributed by atoms with Crippen LogP contribution >= 0.6 is 0 Å². The van der Waals surface area contributed by atoms with Gasteiger partial charge in [0.25, 0.3) is 5.91 Å². The molecule has 0 aliphatic carbocycles. The van der Waals surface area contributed by atoms with Gasteiger partial charge in [0.2, 0.25) is 0 Å². The van der Waals surface area contributed by atoms with E-state index in [1.807, 2.05) is 49.4 Å². The van der Waals surface area contributed by atoms with Gasteiger partial charge in [-0.15, -0.1) is 0 Å². The van der Waals surface area contributed by atoms with Crippen LogP contribution in [-0.2, 0) is 19.4 Å². The first kappa shape index (κ1) is 20.5. The van der Waals surface area contributed by atoms with Crippen molar-refractivity contribution in [2.24, 2.45) is 0 Å². The second kappa shape index (κ2) is 8.45. The number of hydrogen-bond donors (Lipinski definition) is 0. The summed E-state index contributed by atoms with van der Waals surface area (Å²) in [7, 11) is -3.60. The van der Waals surface area contributed by atoms with Gasteiger partial charge >= 0.3 is 5.97 Å². The Morgan fingerprint density at radius 2 is 1.59 bits per heavy atom. The lowest BCUT2D eigenvalue weighted by Gasteiger charge is -2.22. The molecule has 0 fully saturated rings. The number of likely N-dealkylation sites (N-methyl/N-ethyl adjacent to an activating group) is 1. The van der Waals surface area contributed by atoms with Crippen molar-refractivity contribution in [3.8, 4) is 0 Å². The van der Waals surface area contributed by atoms with Crippen molar-refractivity contribution < 1.29 is 22.7 Å². The van der Waals surface area contributed by atoms with Gasteiger partial charge in [-0.25, -0.2) is 13.2 Å². The summed E-state index contributed by atoms with van der Waals surface area (Å²) < 4.78 is 28.9. The van der Waals surface area contributed by atoms with E-state index in [0.29, 0.717) is 6.54 Å². The van der Waals surface area contributed by atoms with E-state index < -0.39 is 28.3 Å². The summed E-state index contributed by atoms with van der Waals surface area (Å²) >= 11 is 0. The zero-order valence-electron chi connectivity index (χ0n) is 16.2. The van der Waals surface area contributed by atoms with Crippen LogP contribution in [0.3, 0.4) is 0 Å². The van der Waals surface area contributed by atoms with Crippen molar-refractivity contribution in [1.82, 2.24) is 0 Å². The highest BCUT2D eigenvalue weighted by Gasteiger charge is 2.22. The fourth-order valence-corrected chi connectivity index (χ4v) is 4.04. The molecule has 3 rings (SSSR count). The number of esters is 1. The van der Waals surface area contributed by atoms with Gasteiger partial charge in [0.1, 0.15) is 0 Å². The molecular weight excluding hydrogens is 390 g/mol. The Morgan fingerprint density at radius 3 is 2.31 bits per heavy atom. The molecule has 0 unspecified atom stereocenters. The number of carbonyl (C=O) groups excluding carboxylic acids is 2. The van der Waals surface area contributed by atoms with Crippen molar-refractivity contribution in [3.63, 3.8) is 0 Å². The summed E-state index contributed by atoms with van der Waals surface area (Å²) in [5.74, 6) is -1.25. The van der Waals surface area contributed by atoms with Crippen molar-refractivity contribution in [1.29, 1.82) is 0 Å². The number of rotatable bonds is 6. The molecule has 0 atom stereocenters. The second-order valence-electron chi connectivity index (χ2n) is 6.48. The monoisotopic (exact) mass is 411 g/mol. The van der Waals surface area contributed by atoms with E-state index >= 15 is 0 Å². The molecule has 0 heterocycles. The summed E-state index contributed by atoms with van der Waals surface area (Å²) in [6.07, 6.45) is 1.02. The van der Waals surface area contributed by atoms with Gasteiger partial charge in [-0.05, 0) is 30.5 Å². The standard InChI is InChI=1S/C22H21NO5S/c1-3-23(19-13-8-10-16-9-4-5-11-17(16)19)21(24)15-28-22(25)18-12-6-7-14-20(18)29(2,26)27/h4-14H,3,15H2,1-2H3. The van der Waals surface area contributed by atoms with E-state index in [9.17, 15) is 18.0 Å². The molecule has 7 heteroatoms. The molecule has 0 aliphatic rings. The van der Waals surface area contributed by atoms with Crippen LogP contribution in [0, 0.1) is 0 Å². The van der Waals surface area contributed by atoms with Gasteiger partial charge in [0, 0.05) is 18.2 Å². The first-order valence-corrected chi connectivity index (χ1v) is 11.0. The maximum absolute atomic E-state index is 12.8. The van der Waals surface area contributed by atoms with Crippen LogP contribution in [-0.4, -0.2) is 39.7 Å². The fraction of sp³-hybridized carbons (Fsp3) is 0.182. The van der Waals surface area contributed by atoms with Crippen LogP contribution < -0.4 is 4.90 Å². The predicted molar refractivity (Wildman–Crippen MR) is 112 cm³/mol. The van der Waals surface area contributed by atoms with E-state index in [2.05, 4.69) is 0 Å². The Morgan fingerprint density at radius 1 is 0.931 bits per heavy atom. The summed E-state index contributed by atoms with van der Waals surface area (Å²) in [5, 5.41) is 1.91. The van der Waals surface area contributed by atoms with Gasteiger partial charge in [-0.1, -0.05) is 48.5 Å². The molecule has 0 saturated carbocycles. The average molecular weight is 411 g/mol. The van der Waals surface area contributed by atoms with Crippen LogP contribution in [0.1, 0.15) is 17.3 Å². The summed E-state index contributed by atoms with van der Waals surface area (Å²) in [6, 6.07) is 19.1. The minimum Gasteiger partial charge on any atom is -0.452 e. The summed E-state index contributed by atoms with van der Waals surface area (Å²) in [4.78, 5) is 26.6. The Bertz CT molecular complexity index is 1170. The Hall–Kier alpha value is -3.19. The third kappa shape index (κ3) is 4.46. The minimum absolute atomic E-state index is 0.0870. The minimum atomic E-state index is -3.60. The molecule has 6 nitrogen and oxygen atoms in total. The van der Waals surface area contributed by atoms with Gasteiger partial charge < -0.3 is 9.64 Å². The normalized spacial score (nSPS) is 11.2. The van der Waals surface area contributed by atoms with Gasteiger partial charge in [-0.3, -0.25) is 4.79 Å². The third-order valence-electron chi connectivity index (χ3n) is 4.51. The van der Waals surface area contributed by atoms with E-state index in [4.69, 9.17) is 4.74 Å². The van der Waals surface area contributed by atoms with E-state index in [1.54, 1.807) is 6.07 Å². The highest BCUT2D eigenvalue weighted by Crippen LogP contribution is 2.27. The number of benzene rings is 3. The second-order valence-corrected chi connectivity index (χ2v) is 8.46. The lowest BCUT2D eigenvalue weighted by atomic mass is 10.1. The van der Waals surface area contributed by atoms with E-state index in [-0.39, 0.29) is 10.5 Å². The molecule has 150 valence electrons. The Kier molecular flexibility index (Phi) is 5.98. The lowest BCUT2D eigenvalue weighted by Crippen LogP contribution is -2.34. The van der Waals surface area contributed by atoms with E-state index in [0.717, 1.165) is 22.7 Å².